The van der Waals surface area contributed by atoms with E-state index < -0.39 is 5.92 Å². The molecule has 3 aliphatic rings. The molecule has 2 heterocycles. The van der Waals surface area contributed by atoms with Crippen LogP contribution >= 0.6 is 0 Å². The summed E-state index contributed by atoms with van der Waals surface area (Å²) in [4.78, 5) is 19.9. The highest BCUT2D eigenvalue weighted by Gasteiger charge is 2.43. The van der Waals surface area contributed by atoms with Crippen molar-refractivity contribution < 1.29 is 14.3 Å². The molecule has 0 amide bonds. The van der Waals surface area contributed by atoms with Gasteiger partial charge in [-0.2, -0.15) is 5.26 Å². The Morgan fingerprint density at radius 1 is 1.16 bits per heavy atom. The monoisotopic (exact) mass is 426 g/mol. The molecule has 0 saturated carbocycles. The topological polar surface area (TPSA) is 101 Å². The van der Waals surface area contributed by atoms with Crippen molar-refractivity contribution in [3.63, 3.8) is 0 Å². The highest BCUT2D eigenvalue weighted by Crippen LogP contribution is 2.51. The highest BCUT2D eigenvalue weighted by atomic mass is 16.5. The number of methoxy groups -OCH3 is 2. The second kappa shape index (κ2) is 7.57. The largest absolute Gasteiger partial charge is 0.497 e. The first kappa shape index (κ1) is 19.9. The third-order valence-electron chi connectivity index (χ3n) is 6.24. The van der Waals surface area contributed by atoms with E-state index in [-0.39, 0.29) is 5.78 Å². The molecule has 0 radical (unpaired) electrons. The Bertz CT molecular complexity index is 1280. The third kappa shape index (κ3) is 2.80. The van der Waals surface area contributed by atoms with Gasteiger partial charge >= 0.3 is 0 Å². The van der Waals surface area contributed by atoms with Gasteiger partial charge < -0.3 is 15.2 Å². The lowest BCUT2D eigenvalue weighted by molar-refractivity contribution is -0.116. The van der Waals surface area contributed by atoms with Crippen LogP contribution < -0.4 is 20.1 Å². The molecule has 0 spiro atoms. The van der Waals surface area contributed by atoms with Gasteiger partial charge in [-0.05, 0) is 43.2 Å². The molecule has 0 fully saturated rings. The number of Topliss-reactive ketones (excluding diaryl/α,β-unsaturated/α-hetero) is 1. The fourth-order valence-electron chi connectivity index (χ4n) is 4.85. The first-order chi connectivity index (χ1) is 15.6. The number of carbonyl (C=O) groups is 1. The summed E-state index contributed by atoms with van der Waals surface area (Å²) in [5.41, 5.74) is 10.5. The fourth-order valence-corrected chi connectivity index (χ4v) is 4.85. The molecule has 32 heavy (non-hydrogen) atoms. The van der Waals surface area contributed by atoms with E-state index >= 15 is 0 Å². The minimum Gasteiger partial charge on any atom is -0.497 e. The van der Waals surface area contributed by atoms with E-state index in [1.165, 1.54) is 0 Å². The average molecular weight is 426 g/mol. The fraction of sp³-hybridized carbons (Fsp3) is 0.240. The van der Waals surface area contributed by atoms with Gasteiger partial charge in [0.1, 0.15) is 17.3 Å². The predicted octanol–water partition coefficient (Wildman–Crippen LogP) is 3.77. The standard InChI is InChI=1S/C25H22N4O3/c1-31-14-10-11-21(32-2)16(12-14)22-17(13-26)25-28-24(27)15-6-3-4-7-18(15)29(25)19-8-5-9-20(30)23(19)22/h3-4,6-7,10-12,22H,5,8-9H2,1-2H3,(H2,27,28)/t22-/m1/s1. The number of carbonyl (C=O) groups excluding carboxylic acids is 1. The third-order valence-corrected chi connectivity index (χ3v) is 6.24. The van der Waals surface area contributed by atoms with Crippen LogP contribution in [0.25, 0.3) is 0 Å². The van der Waals surface area contributed by atoms with Crippen LogP contribution in [0.5, 0.6) is 11.5 Å². The molecule has 0 saturated heterocycles. The number of ketones is 1. The molecule has 2 N–H and O–H groups in total. The Labute approximate surface area is 186 Å². The van der Waals surface area contributed by atoms with Gasteiger partial charge in [0, 0.05) is 28.8 Å². The Morgan fingerprint density at radius 2 is 1.97 bits per heavy atom. The predicted molar refractivity (Wildman–Crippen MR) is 120 cm³/mol. The molecule has 2 aromatic carbocycles. The quantitative estimate of drug-likeness (QED) is 0.802. The van der Waals surface area contributed by atoms with Crippen molar-refractivity contribution >= 4 is 17.3 Å². The lowest BCUT2D eigenvalue weighted by atomic mass is 9.75. The Balaban J connectivity index is 1.85. The van der Waals surface area contributed by atoms with Crippen LogP contribution in [-0.2, 0) is 4.79 Å². The summed E-state index contributed by atoms with van der Waals surface area (Å²) in [6.45, 7) is 0. The lowest BCUT2D eigenvalue weighted by Crippen LogP contribution is -2.39. The van der Waals surface area contributed by atoms with E-state index in [4.69, 9.17) is 15.2 Å². The molecular formula is C25H22N4O3. The number of aliphatic imine (C=N–C) groups is 1. The number of nitrogens with zero attached hydrogens (tertiary/aromatic N) is 3. The summed E-state index contributed by atoms with van der Waals surface area (Å²) < 4.78 is 11.1. The maximum absolute atomic E-state index is 13.3. The van der Waals surface area contributed by atoms with Crippen LogP contribution in [0.3, 0.4) is 0 Å². The second-order valence-electron chi connectivity index (χ2n) is 7.88. The van der Waals surface area contributed by atoms with E-state index in [1.807, 2.05) is 35.2 Å². The van der Waals surface area contributed by atoms with Gasteiger partial charge in [0.2, 0.25) is 0 Å². The smallest absolute Gasteiger partial charge is 0.161 e. The molecule has 7 heteroatoms. The van der Waals surface area contributed by atoms with Gasteiger partial charge in [0.25, 0.3) is 0 Å². The number of rotatable bonds is 3. The summed E-state index contributed by atoms with van der Waals surface area (Å²) in [7, 11) is 3.15. The van der Waals surface area contributed by atoms with Crippen LogP contribution in [0, 0.1) is 11.3 Å². The summed E-state index contributed by atoms with van der Waals surface area (Å²) >= 11 is 0. The van der Waals surface area contributed by atoms with E-state index in [1.54, 1.807) is 26.4 Å². The van der Waals surface area contributed by atoms with Crippen molar-refractivity contribution in [1.82, 2.24) is 0 Å². The molecule has 7 nitrogen and oxygen atoms in total. The van der Waals surface area contributed by atoms with Gasteiger partial charge in [-0.15, -0.1) is 0 Å². The summed E-state index contributed by atoms with van der Waals surface area (Å²) in [6.07, 6.45) is 1.89. The van der Waals surface area contributed by atoms with Crippen LogP contribution in [0.1, 0.15) is 36.3 Å². The van der Waals surface area contributed by atoms with Gasteiger partial charge in [-0.3, -0.25) is 9.69 Å². The van der Waals surface area contributed by atoms with Gasteiger partial charge in [0.05, 0.1) is 37.5 Å². The first-order valence-electron chi connectivity index (χ1n) is 10.4. The minimum atomic E-state index is -0.610. The van der Waals surface area contributed by atoms with E-state index in [2.05, 4.69) is 11.1 Å². The molecule has 2 aliphatic heterocycles. The molecule has 0 bridgehead atoms. The number of hydrogen-bond acceptors (Lipinski definition) is 7. The zero-order chi connectivity index (χ0) is 22.4. The number of nitrogens with two attached hydrogens (primary N) is 1. The summed E-state index contributed by atoms with van der Waals surface area (Å²) in [5.74, 6) is 1.44. The normalized spacial score (nSPS) is 19.5. The number of ether oxygens (including phenoxy) is 2. The number of fused-ring (bicyclic) bond motifs is 4. The molecule has 0 unspecified atom stereocenters. The van der Waals surface area contributed by atoms with Crippen LogP contribution in [0.2, 0.25) is 0 Å². The van der Waals surface area contributed by atoms with E-state index in [9.17, 15) is 10.1 Å². The molecule has 1 atom stereocenters. The van der Waals surface area contributed by atoms with Crippen molar-refractivity contribution in [2.75, 3.05) is 19.1 Å². The molecule has 1 aliphatic carbocycles. The SMILES string of the molecule is COc1ccc(OC)c([C@@H]2C(C#N)=C3N=C(N)c4ccccc4N3C3=C2C(=O)CCC3)c1. The Kier molecular flexibility index (Phi) is 4.71. The van der Waals surface area contributed by atoms with Crippen molar-refractivity contribution in [2.24, 2.45) is 10.7 Å². The molecule has 160 valence electrons. The average Bonchev–Trinajstić information content (AvgIpc) is 2.83. The van der Waals surface area contributed by atoms with Gasteiger partial charge in [-0.25, -0.2) is 4.99 Å². The second-order valence-corrected chi connectivity index (χ2v) is 7.88. The van der Waals surface area contributed by atoms with Crippen LogP contribution in [0.15, 0.2) is 70.1 Å². The zero-order valence-corrected chi connectivity index (χ0v) is 17.9. The van der Waals surface area contributed by atoms with E-state index in [0.29, 0.717) is 52.7 Å². The van der Waals surface area contributed by atoms with Crippen LogP contribution in [0.4, 0.5) is 5.69 Å². The molecule has 5 rings (SSSR count). The highest BCUT2D eigenvalue weighted by molar-refractivity contribution is 6.08. The van der Waals surface area contributed by atoms with Crippen molar-refractivity contribution in [3.8, 4) is 17.6 Å². The summed E-state index contributed by atoms with van der Waals surface area (Å²) in [6, 6.07) is 15.4. The number of hydrogen-bond donors (Lipinski definition) is 1. The number of para-hydroxylation sites is 1. The van der Waals surface area contributed by atoms with E-state index in [0.717, 1.165) is 23.4 Å². The Morgan fingerprint density at radius 3 is 2.72 bits per heavy atom. The number of nitriles is 1. The van der Waals surface area contributed by atoms with Crippen LogP contribution in [-0.4, -0.2) is 25.8 Å². The Hall–Kier alpha value is -4.05. The molecule has 2 aromatic rings. The lowest BCUT2D eigenvalue weighted by Gasteiger charge is -2.42. The minimum absolute atomic E-state index is 0.0351. The van der Waals surface area contributed by atoms with Gasteiger partial charge in [0.15, 0.2) is 11.6 Å². The molecule has 0 aromatic heterocycles. The number of allylic oxidation sites excluding steroid dienone is 3. The van der Waals surface area contributed by atoms with Crippen molar-refractivity contribution in [2.45, 2.75) is 25.2 Å². The maximum atomic E-state index is 13.3. The zero-order valence-electron chi connectivity index (χ0n) is 17.9. The first-order valence-corrected chi connectivity index (χ1v) is 10.4. The maximum Gasteiger partial charge on any atom is 0.161 e. The van der Waals surface area contributed by atoms with Gasteiger partial charge in [-0.1, -0.05) is 12.1 Å². The summed E-state index contributed by atoms with van der Waals surface area (Å²) in [5, 5.41) is 10.3. The number of benzene rings is 2. The number of anilines is 1. The number of amidine groups is 1. The van der Waals surface area contributed by atoms with Crippen molar-refractivity contribution in [3.05, 3.63) is 76.3 Å². The molecular weight excluding hydrogens is 404 g/mol. The van der Waals surface area contributed by atoms with Crippen molar-refractivity contribution in [1.29, 1.82) is 5.26 Å².